The molecule has 0 aromatic heterocycles. The van der Waals surface area contributed by atoms with Crippen LogP contribution in [0.3, 0.4) is 0 Å². The molecule has 0 atom stereocenters. The van der Waals surface area contributed by atoms with E-state index < -0.39 is 30.4 Å². The molecule has 1 aliphatic rings. The van der Waals surface area contributed by atoms with Gasteiger partial charge < -0.3 is 0 Å². The molecule has 15 heteroatoms. The molecule has 3 aromatic carbocycles. The van der Waals surface area contributed by atoms with Gasteiger partial charge in [0.1, 0.15) is 26.1 Å². The summed E-state index contributed by atoms with van der Waals surface area (Å²) in [6, 6.07) is 21.6. The molecule has 1 fully saturated rings. The van der Waals surface area contributed by atoms with Gasteiger partial charge in [-0.15, -0.1) is 0 Å². The summed E-state index contributed by atoms with van der Waals surface area (Å²) < 4.78 is 89.9. The Morgan fingerprint density at radius 3 is 1.10 bits per heavy atom. The molecule has 4 rings (SSSR count). The number of hydrogen-bond acceptors (Lipinski definition) is 12. The van der Waals surface area contributed by atoms with Crippen molar-refractivity contribution in [2.24, 2.45) is 15.5 Å². The van der Waals surface area contributed by atoms with Gasteiger partial charge >= 0.3 is 30.4 Å². The van der Waals surface area contributed by atoms with E-state index in [1.165, 1.54) is 72.8 Å². The van der Waals surface area contributed by atoms with Crippen molar-refractivity contribution in [2.75, 3.05) is 0 Å². The van der Waals surface area contributed by atoms with Crippen LogP contribution in [0.1, 0.15) is 19.3 Å². The van der Waals surface area contributed by atoms with E-state index in [4.69, 9.17) is 12.9 Å². The van der Waals surface area contributed by atoms with Crippen molar-refractivity contribution in [1.82, 2.24) is 0 Å². The average molecular weight is 592 g/mol. The zero-order valence-electron chi connectivity index (χ0n) is 20.0. The van der Waals surface area contributed by atoms with E-state index in [0.717, 1.165) is 0 Å². The molecular formula is C24H21N3O9S3. The van der Waals surface area contributed by atoms with Crippen LogP contribution < -0.4 is 0 Å². The smallest absolute Gasteiger partial charge is 0.264 e. The van der Waals surface area contributed by atoms with Gasteiger partial charge in [-0.1, -0.05) is 70.1 Å². The van der Waals surface area contributed by atoms with Crippen molar-refractivity contribution in [2.45, 2.75) is 33.9 Å². The summed E-state index contributed by atoms with van der Waals surface area (Å²) in [6.45, 7) is 0. The van der Waals surface area contributed by atoms with Gasteiger partial charge in [-0.2, -0.15) is 25.3 Å². The van der Waals surface area contributed by atoms with Crippen molar-refractivity contribution in [3.63, 3.8) is 0 Å². The van der Waals surface area contributed by atoms with Gasteiger partial charge in [0.25, 0.3) is 0 Å². The minimum atomic E-state index is -4.39. The molecule has 0 aliphatic heterocycles. The molecule has 0 N–H and O–H groups in total. The van der Waals surface area contributed by atoms with Crippen molar-refractivity contribution in [3.8, 4) is 0 Å². The predicted octanol–water partition coefficient (Wildman–Crippen LogP) is 3.45. The molecular weight excluding hydrogens is 570 g/mol. The van der Waals surface area contributed by atoms with Crippen molar-refractivity contribution in [3.05, 3.63) is 91.0 Å². The lowest BCUT2D eigenvalue weighted by atomic mass is 9.94. The van der Waals surface area contributed by atoms with Crippen LogP contribution in [0.25, 0.3) is 0 Å². The number of oxime groups is 3. The second kappa shape index (κ2) is 11.8. The second-order valence-electron chi connectivity index (χ2n) is 7.89. The van der Waals surface area contributed by atoms with Gasteiger partial charge in [0.05, 0.1) is 0 Å². The van der Waals surface area contributed by atoms with E-state index in [1.807, 2.05) is 0 Å². The number of nitrogens with zero attached hydrogens (tertiary/aromatic N) is 3. The van der Waals surface area contributed by atoms with Gasteiger partial charge in [0, 0.05) is 0 Å². The Morgan fingerprint density at radius 1 is 0.462 bits per heavy atom. The highest BCUT2D eigenvalue weighted by Crippen LogP contribution is 2.20. The Bertz CT molecular complexity index is 1630. The fraction of sp³-hybridized carbons (Fsp3) is 0.125. The lowest BCUT2D eigenvalue weighted by Gasteiger charge is -2.16. The van der Waals surface area contributed by atoms with Crippen LogP contribution in [0, 0.1) is 0 Å². The lowest BCUT2D eigenvalue weighted by Crippen LogP contribution is -2.31. The van der Waals surface area contributed by atoms with Crippen molar-refractivity contribution in [1.29, 1.82) is 0 Å². The SMILES string of the molecule is O=S(=O)(ON=C1/C(=N\OS(=O)(=O)c2ccccc2)CCC/C1=N\OS(=O)(=O)c1ccccc1)c1ccccc1. The first-order chi connectivity index (χ1) is 18.6. The minimum Gasteiger partial charge on any atom is -0.264 e. The zero-order chi connectivity index (χ0) is 27.9. The quantitative estimate of drug-likeness (QED) is 0.339. The van der Waals surface area contributed by atoms with E-state index >= 15 is 0 Å². The molecule has 12 nitrogen and oxygen atoms in total. The van der Waals surface area contributed by atoms with E-state index in [2.05, 4.69) is 15.5 Å². The lowest BCUT2D eigenvalue weighted by molar-refractivity contribution is 0.330. The number of benzene rings is 3. The summed E-state index contributed by atoms with van der Waals surface area (Å²) >= 11 is 0. The molecule has 0 spiro atoms. The Balaban J connectivity index is 1.69. The third-order valence-corrected chi connectivity index (χ3v) is 8.55. The van der Waals surface area contributed by atoms with E-state index in [1.54, 1.807) is 18.2 Å². The summed E-state index contributed by atoms with van der Waals surface area (Å²) in [5.74, 6) is 0. The third-order valence-electron chi connectivity index (χ3n) is 5.19. The fourth-order valence-corrected chi connectivity index (χ4v) is 5.55. The highest BCUT2D eigenvalue weighted by molar-refractivity contribution is 7.87. The molecule has 1 saturated carbocycles. The molecule has 1 aliphatic carbocycles. The third kappa shape index (κ3) is 7.07. The predicted molar refractivity (Wildman–Crippen MR) is 140 cm³/mol. The summed E-state index contributed by atoms with van der Waals surface area (Å²) in [7, 11) is -13.0. The van der Waals surface area contributed by atoms with Gasteiger partial charge in [-0.05, 0) is 55.7 Å². The van der Waals surface area contributed by atoms with E-state index in [-0.39, 0.29) is 44.7 Å². The molecule has 0 amide bonds. The standard InChI is InChI=1S/C24H21N3O9S3/c28-37(29,19-11-4-1-5-12-19)34-25-22-17-10-18-23(26-35-38(30,31)20-13-6-2-7-14-20)24(22)27-36-39(32,33)21-15-8-3-9-16-21/h1-9,11-16H,10,17-18H2/b25-22-,26-23+,27-24?. The molecule has 0 saturated heterocycles. The molecule has 0 heterocycles. The molecule has 3 aromatic rings. The maximum absolute atomic E-state index is 12.6. The van der Waals surface area contributed by atoms with E-state index in [9.17, 15) is 25.3 Å². The normalized spacial score (nSPS) is 17.7. The highest BCUT2D eigenvalue weighted by Gasteiger charge is 2.28. The Hall–Kier alpha value is -4.08. The van der Waals surface area contributed by atoms with Gasteiger partial charge in [-0.3, -0.25) is 12.9 Å². The van der Waals surface area contributed by atoms with Crippen molar-refractivity contribution < 1.29 is 38.1 Å². The minimum absolute atomic E-state index is 0.0857. The first-order valence-corrected chi connectivity index (χ1v) is 15.5. The summed E-state index contributed by atoms with van der Waals surface area (Å²) in [5.41, 5.74) is -0.653. The second-order valence-corrected chi connectivity index (χ2v) is 12.5. The van der Waals surface area contributed by atoms with Crippen molar-refractivity contribution >= 4 is 47.5 Å². The Labute approximate surface area is 225 Å². The van der Waals surface area contributed by atoms with Crippen LogP contribution in [0.15, 0.2) is 121 Å². The summed E-state index contributed by atoms with van der Waals surface area (Å²) in [6.07, 6.45) is 0.482. The average Bonchev–Trinajstić information content (AvgIpc) is 2.95. The van der Waals surface area contributed by atoms with Crippen LogP contribution in [-0.4, -0.2) is 42.4 Å². The summed E-state index contributed by atoms with van der Waals surface area (Å²) in [4.78, 5) is -0.539. The maximum Gasteiger partial charge on any atom is 0.358 e. The fourth-order valence-electron chi connectivity index (χ4n) is 3.27. The molecule has 0 radical (unpaired) electrons. The van der Waals surface area contributed by atoms with Crippen LogP contribution in [0.2, 0.25) is 0 Å². The van der Waals surface area contributed by atoms with E-state index in [0.29, 0.717) is 6.42 Å². The van der Waals surface area contributed by atoms with Crippen LogP contribution in [0.5, 0.6) is 0 Å². The van der Waals surface area contributed by atoms with Crippen LogP contribution >= 0.6 is 0 Å². The largest absolute Gasteiger partial charge is 0.358 e. The Morgan fingerprint density at radius 2 is 0.769 bits per heavy atom. The molecule has 0 bridgehead atoms. The number of hydrogen-bond donors (Lipinski definition) is 0. The van der Waals surface area contributed by atoms with Gasteiger partial charge in [0.15, 0.2) is 5.71 Å². The Kier molecular flexibility index (Phi) is 8.42. The first kappa shape index (κ1) is 27.9. The monoisotopic (exact) mass is 591 g/mol. The first-order valence-electron chi connectivity index (χ1n) is 11.3. The maximum atomic E-state index is 12.6. The highest BCUT2D eigenvalue weighted by atomic mass is 32.2. The van der Waals surface area contributed by atoms with Crippen LogP contribution in [-0.2, 0) is 43.2 Å². The van der Waals surface area contributed by atoms with Gasteiger partial charge in [0.2, 0.25) is 0 Å². The zero-order valence-corrected chi connectivity index (χ0v) is 22.5. The van der Waals surface area contributed by atoms with Gasteiger partial charge in [-0.25, -0.2) is 0 Å². The molecule has 204 valence electrons. The summed E-state index contributed by atoms with van der Waals surface area (Å²) in [5, 5.41) is 11.0. The molecule has 39 heavy (non-hydrogen) atoms. The topological polar surface area (TPSA) is 167 Å². The van der Waals surface area contributed by atoms with Crippen LogP contribution in [0.4, 0.5) is 0 Å². The molecule has 0 unspecified atom stereocenters. The number of rotatable bonds is 9.